The molecule has 0 bridgehead atoms. The van der Waals surface area contributed by atoms with Gasteiger partial charge in [-0.15, -0.1) is 0 Å². The second-order valence-corrected chi connectivity index (χ2v) is 10.7. The lowest BCUT2D eigenvalue weighted by molar-refractivity contribution is -0.126. The molecule has 1 N–H and O–H groups in total. The summed E-state index contributed by atoms with van der Waals surface area (Å²) in [7, 11) is -1.74. The number of methoxy groups -OCH3 is 1. The lowest BCUT2D eigenvalue weighted by Crippen LogP contribution is -2.43. The van der Waals surface area contributed by atoms with Gasteiger partial charge in [0.15, 0.2) is 0 Å². The molecule has 3 rings (SSSR count). The van der Waals surface area contributed by atoms with Crippen LogP contribution in [0, 0.1) is 5.92 Å². The first-order valence-corrected chi connectivity index (χ1v) is 12.9. The van der Waals surface area contributed by atoms with Crippen LogP contribution < -0.4 is 10.1 Å². The zero-order valence-electron chi connectivity index (χ0n) is 17.7. The van der Waals surface area contributed by atoms with E-state index >= 15 is 0 Å². The van der Waals surface area contributed by atoms with E-state index in [2.05, 4.69) is 21.2 Å². The Labute approximate surface area is 193 Å². The fourth-order valence-electron chi connectivity index (χ4n) is 3.77. The van der Waals surface area contributed by atoms with E-state index in [0.29, 0.717) is 32.5 Å². The Morgan fingerprint density at radius 3 is 2.48 bits per heavy atom. The van der Waals surface area contributed by atoms with E-state index in [1.165, 1.54) is 9.87 Å². The zero-order chi connectivity index (χ0) is 22.3. The minimum atomic E-state index is -3.39. The lowest BCUT2D eigenvalue weighted by atomic mass is 9.97. The van der Waals surface area contributed by atoms with E-state index in [1.54, 1.807) is 7.11 Å². The van der Waals surface area contributed by atoms with Crippen LogP contribution in [-0.4, -0.2) is 45.4 Å². The summed E-state index contributed by atoms with van der Waals surface area (Å²) >= 11 is 3.38. The number of amides is 1. The maximum absolute atomic E-state index is 12.7. The molecule has 0 aromatic heterocycles. The number of halogens is 1. The molecule has 0 unspecified atom stereocenters. The molecule has 2 aromatic rings. The normalized spacial score (nSPS) is 15.5. The molecular weight excluding hydrogens is 480 g/mol. The summed E-state index contributed by atoms with van der Waals surface area (Å²) < 4.78 is 33.0. The molecule has 0 spiro atoms. The molecule has 1 aliphatic rings. The predicted molar refractivity (Wildman–Crippen MR) is 125 cm³/mol. The van der Waals surface area contributed by atoms with Crippen LogP contribution in [0.2, 0.25) is 0 Å². The number of ether oxygens (including phenoxy) is 1. The summed E-state index contributed by atoms with van der Waals surface area (Å²) in [6.07, 6.45) is 2.86. The first-order valence-electron chi connectivity index (χ1n) is 10.5. The van der Waals surface area contributed by atoms with Gasteiger partial charge in [0.05, 0.1) is 12.9 Å². The summed E-state index contributed by atoms with van der Waals surface area (Å²) in [4.78, 5) is 12.5. The van der Waals surface area contributed by atoms with Crippen molar-refractivity contribution in [2.75, 3.05) is 26.7 Å². The molecule has 6 nitrogen and oxygen atoms in total. The van der Waals surface area contributed by atoms with Gasteiger partial charge < -0.3 is 10.1 Å². The average Bonchev–Trinajstić information content (AvgIpc) is 2.77. The molecule has 1 aliphatic heterocycles. The van der Waals surface area contributed by atoms with Crippen molar-refractivity contribution < 1.29 is 17.9 Å². The molecule has 8 heteroatoms. The number of rotatable bonds is 9. The number of nitrogens with zero attached hydrogens (tertiary/aromatic N) is 1. The number of benzene rings is 2. The molecule has 0 atom stereocenters. The average molecular weight is 509 g/mol. The number of piperidine rings is 1. The van der Waals surface area contributed by atoms with Crippen molar-refractivity contribution in [2.45, 2.75) is 31.4 Å². The van der Waals surface area contributed by atoms with Crippen molar-refractivity contribution in [3.63, 3.8) is 0 Å². The van der Waals surface area contributed by atoms with Crippen LogP contribution >= 0.6 is 15.9 Å². The SMILES string of the molecule is COc1ccc(CCCNC(=O)C2CCN(S(=O)(=O)Cc3cccc(Br)c3)CC2)cc1. The molecule has 1 saturated heterocycles. The van der Waals surface area contributed by atoms with E-state index in [9.17, 15) is 13.2 Å². The van der Waals surface area contributed by atoms with Crippen molar-refractivity contribution in [1.82, 2.24) is 9.62 Å². The summed E-state index contributed by atoms with van der Waals surface area (Å²) in [6.45, 7) is 1.40. The van der Waals surface area contributed by atoms with E-state index in [0.717, 1.165) is 28.6 Å². The summed E-state index contributed by atoms with van der Waals surface area (Å²) in [5, 5.41) is 3.01. The van der Waals surface area contributed by atoms with Crippen molar-refractivity contribution >= 4 is 31.9 Å². The minimum Gasteiger partial charge on any atom is -0.497 e. The van der Waals surface area contributed by atoms with Gasteiger partial charge in [-0.2, -0.15) is 0 Å². The molecule has 1 fully saturated rings. The number of aryl methyl sites for hydroxylation is 1. The van der Waals surface area contributed by atoms with Crippen LogP contribution in [0.1, 0.15) is 30.4 Å². The maximum atomic E-state index is 12.7. The van der Waals surface area contributed by atoms with E-state index in [-0.39, 0.29) is 17.6 Å². The standard InChI is InChI=1S/C23H29BrN2O4S/c1-30-22-9-7-18(8-10-22)5-3-13-25-23(27)20-11-14-26(15-12-20)31(28,29)17-19-4-2-6-21(24)16-19/h2,4,6-10,16,20H,3,5,11-15,17H2,1H3,(H,25,27). The minimum absolute atomic E-state index is 0.0192. The maximum Gasteiger partial charge on any atom is 0.223 e. The zero-order valence-corrected chi connectivity index (χ0v) is 20.1. The van der Waals surface area contributed by atoms with Gasteiger partial charge in [-0.25, -0.2) is 12.7 Å². The fourth-order valence-corrected chi connectivity index (χ4v) is 5.76. The highest BCUT2D eigenvalue weighted by Gasteiger charge is 2.31. The van der Waals surface area contributed by atoms with Gasteiger partial charge in [-0.05, 0) is 61.1 Å². The van der Waals surface area contributed by atoms with E-state index in [1.807, 2.05) is 48.5 Å². The number of hydrogen-bond donors (Lipinski definition) is 1. The molecular formula is C23H29BrN2O4S. The van der Waals surface area contributed by atoms with Crippen LogP contribution in [0.15, 0.2) is 53.0 Å². The highest BCUT2D eigenvalue weighted by Crippen LogP contribution is 2.23. The molecule has 2 aromatic carbocycles. The van der Waals surface area contributed by atoms with E-state index < -0.39 is 10.0 Å². The van der Waals surface area contributed by atoms with Gasteiger partial charge in [0.2, 0.25) is 15.9 Å². The Kier molecular flexibility index (Phi) is 8.51. The third kappa shape index (κ3) is 7.05. The Bertz CT molecular complexity index is 971. The molecule has 31 heavy (non-hydrogen) atoms. The lowest BCUT2D eigenvalue weighted by Gasteiger charge is -2.30. The first kappa shape index (κ1) is 23.8. The van der Waals surface area contributed by atoms with Crippen LogP contribution in [0.4, 0.5) is 0 Å². The highest BCUT2D eigenvalue weighted by atomic mass is 79.9. The fraction of sp³-hybridized carbons (Fsp3) is 0.435. The molecule has 168 valence electrons. The first-order chi connectivity index (χ1) is 14.9. The Morgan fingerprint density at radius 2 is 1.84 bits per heavy atom. The van der Waals surface area contributed by atoms with Gasteiger partial charge in [0, 0.05) is 30.0 Å². The Balaban J connectivity index is 1.39. The predicted octanol–water partition coefficient (Wildman–Crippen LogP) is 3.75. The summed E-state index contributed by atoms with van der Waals surface area (Å²) in [5.74, 6) is 0.716. The van der Waals surface area contributed by atoms with Gasteiger partial charge in [-0.1, -0.05) is 40.2 Å². The van der Waals surface area contributed by atoms with E-state index in [4.69, 9.17) is 4.74 Å². The van der Waals surface area contributed by atoms with Gasteiger partial charge >= 0.3 is 0 Å². The van der Waals surface area contributed by atoms with Crippen molar-refractivity contribution in [3.05, 3.63) is 64.1 Å². The quantitative estimate of drug-likeness (QED) is 0.523. The van der Waals surface area contributed by atoms with Crippen molar-refractivity contribution in [3.8, 4) is 5.75 Å². The second-order valence-electron chi connectivity index (χ2n) is 7.80. The number of hydrogen-bond acceptors (Lipinski definition) is 4. The Morgan fingerprint density at radius 1 is 1.13 bits per heavy atom. The number of carbonyl (C=O) groups excluding carboxylic acids is 1. The molecule has 0 aliphatic carbocycles. The third-order valence-corrected chi connectivity index (χ3v) is 7.90. The number of sulfonamides is 1. The number of nitrogens with one attached hydrogen (secondary N) is 1. The molecule has 1 heterocycles. The van der Waals surface area contributed by atoms with Crippen LogP contribution in [0.5, 0.6) is 5.75 Å². The molecule has 0 radical (unpaired) electrons. The van der Waals surface area contributed by atoms with Crippen molar-refractivity contribution in [2.24, 2.45) is 5.92 Å². The molecule has 0 saturated carbocycles. The Hall–Kier alpha value is -1.90. The number of carbonyl (C=O) groups is 1. The van der Waals surface area contributed by atoms with Crippen LogP contribution in [-0.2, 0) is 27.0 Å². The van der Waals surface area contributed by atoms with Crippen LogP contribution in [0.3, 0.4) is 0 Å². The second kappa shape index (κ2) is 11.1. The van der Waals surface area contributed by atoms with Gasteiger partial charge in [0.1, 0.15) is 5.75 Å². The largest absolute Gasteiger partial charge is 0.497 e. The highest BCUT2D eigenvalue weighted by molar-refractivity contribution is 9.10. The van der Waals surface area contributed by atoms with Gasteiger partial charge in [-0.3, -0.25) is 4.79 Å². The third-order valence-electron chi connectivity index (χ3n) is 5.56. The van der Waals surface area contributed by atoms with Gasteiger partial charge in [0.25, 0.3) is 0 Å². The smallest absolute Gasteiger partial charge is 0.223 e. The van der Waals surface area contributed by atoms with Crippen molar-refractivity contribution in [1.29, 1.82) is 0 Å². The monoisotopic (exact) mass is 508 g/mol. The topological polar surface area (TPSA) is 75.7 Å². The summed E-state index contributed by atoms with van der Waals surface area (Å²) in [5.41, 5.74) is 1.96. The molecule has 1 amide bonds. The van der Waals surface area contributed by atoms with Crippen LogP contribution in [0.25, 0.3) is 0 Å². The summed E-state index contributed by atoms with van der Waals surface area (Å²) in [6, 6.07) is 15.3.